The Hall–Kier alpha value is -5.03. The number of aromatic hydroxyl groups is 2. The number of phenolic OH excluding ortho intramolecular Hbond substituents is 2. The van der Waals surface area contributed by atoms with E-state index < -0.39 is 40.2 Å². The molecule has 7 rings (SSSR count). The van der Waals surface area contributed by atoms with Crippen LogP contribution in [0.2, 0.25) is 5.02 Å². The van der Waals surface area contributed by atoms with E-state index in [2.05, 4.69) is 0 Å². The molecule has 0 amide bonds. The number of hydrogen-bond acceptors (Lipinski definition) is 5. The maximum atomic E-state index is 14.7. The first-order valence-electron chi connectivity index (χ1n) is 15.2. The van der Waals surface area contributed by atoms with E-state index >= 15 is 0 Å². The number of alkyl halides is 6. The summed E-state index contributed by atoms with van der Waals surface area (Å²) in [4.78, 5) is 0. The zero-order valence-corrected chi connectivity index (χ0v) is 27.5. The topological polar surface area (TPSA) is 68.2 Å². The van der Waals surface area contributed by atoms with Crippen molar-refractivity contribution >= 4 is 28.4 Å². The lowest BCUT2D eigenvalue weighted by Crippen LogP contribution is -2.35. The van der Waals surface area contributed by atoms with Gasteiger partial charge in [0.2, 0.25) is 0 Å². The monoisotopic (exact) mass is 712 g/mol. The molecule has 5 aromatic rings. The molecule has 1 heterocycles. The van der Waals surface area contributed by atoms with Crippen LogP contribution in [0.5, 0.6) is 28.7 Å². The van der Waals surface area contributed by atoms with Crippen molar-refractivity contribution in [1.82, 2.24) is 0 Å². The van der Waals surface area contributed by atoms with Crippen molar-refractivity contribution in [3.8, 4) is 39.9 Å². The largest absolute Gasteiger partial charge is 0.508 e. The molecule has 2 aliphatic rings. The van der Waals surface area contributed by atoms with Crippen molar-refractivity contribution in [2.75, 3.05) is 14.2 Å². The maximum Gasteiger partial charge on any atom is 0.416 e. The SMILES string of the molecule is COc1ccc(C2(c3ccc(O)cc3)C=Cc3c4c(c5cc(O)c(OC)c(Cl)c5c3O2)-c2cc(C(F)(F)F)cc(C(F)(F)F)c2C4(C)C)cc1. The number of halogens is 7. The van der Waals surface area contributed by atoms with Crippen molar-refractivity contribution in [1.29, 1.82) is 0 Å². The summed E-state index contributed by atoms with van der Waals surface area (Å²) >= 11 is 6.94. The third-order valence-corrected chi connectivity index (χ3v) is 9.88. The lowest BCUT2D eigenvalue weighted by atomic mass is 9.75. The number of methoxy groups -OCH3 is 2. The van der Waals surface area contributed by atoms with Gasteiger partial charge in [-0.1, -0.05) is 55.8 Å². The molecule has 1 unspecified atom stereocenters. The van der Waals surface area contributed by atoms with Gasteiger partial charge in [-0.25, -0.2) is 0 Å². The first kappa shape index (κ1) is 33.5. The van der Waals surface area contributed by atoms with Gasteiger partial charge in [0.25, 0.3) is 0 Å². The van der Waals surface area contributed by atoms with Gasteiger partial charge in [0.15, 0.2) is 17.1 Å². The van der Waals surface area contributed by atoms with Crippen LogP contribution < -0.4 is 14.2 Å². The molecule has 1 atom stereocenters. The van der Waals surface area contributed by atoms with Crippen LogP contribution in [-0.4, -0.2) is 24.4 Å². The minimum atomic E-state index is -5.14. The summed E-state index contributed by atoms with van der Waals surface area (Å²) in [5.74, 6) is -0.00797. The van der Waals surface area contributed by atoms with Crippen LogP contribution in [0.1, 0.15) is 52.8 Å². The molecule has 1 aliphatic carbocycles. The molecular weight excluding hydrogens is 686 g/mol. The number of rotatable bonds is 4. The Labute approximate surface area is 286 Å². The van der Waals surface area contributed by atoms with Crippen LogP contribution in [0, 0.1) is 0 Å². The number of phenols is 2. The van der Waals surface area contributed by atoms with Gasteiger partial charge in [0.1, 0.15) is 17.2 Å². The Kier molecular flexibility index (Phi) is 7.35. The van der Waals surface area contributed by atoms with E-state index in [0.29, 0.717) is 22.9 Å². The van der Waals surface area contributed by atoms with Gasteiger partial charge in [0.05, 0.1) is 30.4 Å². The van der Waals surface area contributed by atoms with Gasteiger partial charge in [-0.15, -0.1) is 0 Å². The van der Waals surface area contributed by atoms with Crippen molar-refractivity contribution in [2.45, 2.75) is 37.2 Å². The number of benzene rings is 5. The van der Waals surface area contributed by atoms with Crippen molar-refractivity contribution in [3.63, 3.8) is 0 Å². The summed E-state index contributed by atoms with van der Waals surface area (Å²) in [6.45, 7) is 3.02. The highest BCUT2D eigenvalue weighted by molar-refractivity contribution is 6.39. The zero-order valence-electron chi connectivity index (χ0n) is 26.8. The predicted molar refractivity (Wildman–Crippen MR) is 176 cm³/mol. The Morgan fingerprint density at radius 2 is 1.40 bits per heavy atom. The van der Waals surface area contributed by atoms with Gasteiger partial charge >= 0.3 is 12.4 Å². The van der Waals surface area contributed by atoms with Crippen LogP contribution in [0.4, 0.5) is 26.3 Å². The highest BCUT2D eigenvalue weighted by Crippen LogP contribution is 2.62. The number of ether oxygens (including phenoxy) is 3. The standard InChI is InChI=1S/C38H27ClF6O5/c1-35(2)30-25(15-20(37(40,41)42)16-26(30)38(43,44)45)28-24-17-27(47)34(49-4)32(39)29(24)33-23(31(28)35)13-14-36(50-33,18-5-9-21(46)10-6-18)19-7-11-22(48-3)12-8-19/h5-17,46-47H,1-4H3. The molecule has 0 saturated carbocycles. The first-order valence-corrected chi connectivity index (χ1v) is 15.6. The molecule has 0 saturated heterocycles. The average Bonchev–Trinajstić information content (AvgIpc) is 3.30. The normalized spacial score (nSPS) is 17.6. The zero-order chi connectivity index (χ0) is 36.1. The molecule has 0 aromatic heterocycles. The Morgan fingerprint density at radius 3 is 1.96 bits per heavy atom. The second kappa shape index (κ2) is 11.0. The third kappa shape index (κ3) is 4.77. The highest BCUT2D eigenvalue weighted by Gasteiger charge is 2.50. The second-order valence-corrected chi connectivity index (χ2v) is 13.0. The van der Waals surface area contributed by atoms with E-state index in [0.717, 1.165) is 0 Å². The minimum Gasteiger partial charge on any atom is -0.508 e. The van der Waals surface area contributed by atoms with Gasteiger partial charge < -0.3 is 24.4 Å². The van der Waals surface area contributed by atoms with Crippen LogP contribution in [0.3, 0.4) is 0 Å². The third-order valence-electron chi connectivity index (χ3n) is 9.52. The molecule has 0 radical (unpaired) electrons. The van der Waals surface area contributed by atoms with Crippen LogP contribution in [0.15, 0.2) is 72.8 Å². The molecule has 0 spiro atoms. The molecule has 2 N–H and O–H groups in total. The highest BCUT2D eigenvalue weighted by atomic mass is 35.5. The Balaban J connectivity index is 1.64. The lowest BCUT2D eigenvalue weighted by Gasteiger charge is -2.38. The molecular formula is C38H27ClF6O5. The fraction of sp³-hybridized carbons (Fsp3) is 0.211. The Bertz CT molecular complexity index is 2240. The molecule has 5 nitrogen and oxygen atoms in total. The van der Waals surface area contributed by atoms with E-state index in [1.165, 1.54) is 46.3 Å². The van der Waals surface area contributed by atoms with E-state index in [4.69, 9.17) is 25.8 Å². The average molecular weight is 713 g/mol. The fourth-order valence-corrected chi connectivity index (χ4v) is 7.75. The summed E-state index contributed by atoms with van der Waals surface area (Å²) < 4.78 is 104. The lowest BCUT2D eigenvalue weighted by molar-refractivity contribution is -0.143. The van der Waals surface area contributed by atoms with Gasteiger partial charge in [-0.05, 0) is 76.2 Å². The van der Waals surface area contributed by atoms with Crippen molar-refractivity contribution < 1.29 is 50.8 Å². The fourth-order valence-electron chi connectivity index (χ4n) is 7.39. The quantitative estimate of drug-likeness (QED) is 0.182. The summed E-state index contributed by atoms with van der Waals surface area (Å²) in [5, 5.41) is 21.2. The van der Waals surface area contributed by atoms with Crippen molar-refractivity contribution in [2.24, 2.45) is 0 Å². The molecule has 0 fully saturated rings. The smallest absolute Gasteiger partial charge is 0.416 e. The van der Waals surface area contributed by atoms with E-state index in [-0.39, 0.29) is 66.9 Å². The Morgan fingerprint density at radius 1 is 0.780 bits per heavy atom. The number of hydrogen-bond donors (Lipinski definition) is 2. The summed E-state index contributed by atoms with van der Waals surface area (Å²) in [7, 11) is 2.77. The minimum absolute atomic E-state index is 0.0106. The van der Waals surface area contributed by atoms with Gasteiger partial charge in [0, 0.05) is 27.5 Å². The second-order valence-electron chi connectivity index (χ2n) is 12.7. The molecule has 50 heavy (non-hydrogen) atoms. The molecule has 258 valence electrons. The van der Waals surface area contributed by atoms with Crippen LogP contribution in [-0.2, 0) is 23.4 Å². The molecule has 12 heteroatoms. The summed E-state index contributed by atoms with van der Waals surface area (Å²) in [6, 6.07) is 15.3. The van der Waals surface area contributed by atoms with Crippen LogP contribution >= 0.6 is 11.6 Å². The molecule has 1 aliphatic heterocycles. The van der Waals surface area contributed by atoms with Crippen molar-refractivity contribution in [3.05, 3.63) is 117 Å². The van der Waals surface area contributed by atoms with E-state index in [9.17, 15) is 36.6 Å². The summed E-state index contributed by atoms with van der Waals surface area (Å²) in [5.41, 5.74) is -4.75. The molecule has 5 aromatic carbocycles. The maximum absolute atomic E-state index is 14.7. The first-order chi connectivity index (χ1) is 23.4. The van der Waals surface area contributed by atoms with E-state index in [1.807, 2.05) is 0 Å². The molecule has 0 bridgehead atoms. The predicted octanol–water partition coefficient (Wildman–Crippen LogP) is 10.6. The van der Waals surface area contributed by atoms with Gasteiger partial charge in [-0.2, -0.15) is 26.3 Å². The van der Waals surface area contributed by atoms with E-state index in [1.54, 1.807) is 48.6 Å². The number of fused-ring (bicyclic) bond motifs is 8. The van der Waals surface area contributed by atoms with Gasteiger partial charge in [-0.3, -0.25) is 0 Å². The summed E-state index contributed by atoms with van der Waals surface area (Å²) in [6.07, 6.45) is -6.88. The van der Waals surface area contributed by atoms with Crippen LogP contribution in [0.25, 0.3) is 28.0 Å².